The van der Waals surface area contributed by atoms with Crippen molar-refractivity contribution in [2.24, 2.45) is 0 Å². The summed E-state index contributed by atoms with van der Waals surface area (Å²) in [5.74, 6) is 1.46. The molecule has 2 aliphatic heterocycles. The van der Waals surface area contributed by atoms with Gasteiger partial charge in [-0.3, -0.25) is 24.3 Å². The third-order valence-corrected chi connectivity index (χ3v) is 13.0. The highest BCUT2D eigenvalue weighted by atomic mass is 32.2. The van der Waals surface area contributed by atoms with Gasteiger partial charge in [0.05, 0.1) is 19.0 Å². The van der Waals surface area contributed by atoms with Gasteiger partial charge in [0.2, 0.25) is 5.88 Å². The number of ether oxygens (including phenoxy) is 1. The SMILES string of the molecule is Cc1cc(C)n2ncc(C(=O)NC3CCC(NC(=O)c4cc(F)cnc4Oc4cccc(-c5ccc(CN6CCCN(CCO)CC6)cc5CN5CCSCC5)c4)CC3)c2n1. The van der Waals surface area contributed by atoms with Crippen LogP contribution in [0.2, 0.25) is 0 Å². The molecule has 3 N–H and O–H groups in total. The molecule has 322 valence electrons. The number of nitrogens with zero attached hydrogens (tertiary/aromatic N) is 7. The maximum Gasteiger partial charge on any atom is 0.257 e. The number of nitrogens with one attached hydrogen (secondary N) is 2. The van der Waals surface area contributed by atoms with E-state index in [1.165, 1.54) is 17.2 Å². The second-order valence-electron chi connectivity index (χ2n) is 16.5. The predicted octanol–water partition coefficient (Wildman–Crippen LogP) is 5.86. The summed E-state index contributed by atoms with van der Waals surface area (Å²) in [5, 5.41) is 20.0. The van der Waals surface area contributed by atoms with Gasteiger partial charge >= 0.3 is 0 Å². The first-order chi connectivity index (χ1) is 29.7. The van der Waals surface area contributed by atoms with Crippen molar-refractivity contribution in [1.29, 1.82) is 0 Å². The van der Waals surface area contributed by atoms with Gasteiger partial charge in [-0.1, -0.05) is 30.3 Å². The normalized spacial score (nSPS) is 19.4. The second-order valence-corrected chi connectivity index (χ2v) is 17.8. The number of pyridine rings is 1. The highest BCUT2D eigenvalue weighted by Gasteiger charge is 2.27. The molecule has 8 rings (SSSR count). The number of halogens is 1. The van der Waals surface area contributed by atoms with Gasteiger partial charge in [-0.25, -0.2) is 18.9 Å². The van der Waals surface area contributed by atoms with E-state index in [0.717, 1.165) is 106 Å². The fourth-order valence-corrected chi connectivity index (χ4v) is 9.79. The Kier molecular flexibility index (Phi) is 13.9. The highest BCUT2D eigenvalue weighted by molar-refractivity contribution is 7.99. The number of carbonyl (C=O) groups is 2. The number of aliphatic hydroxyl groups is 1. The summed E-state index contributed by atoms with van der Waals surface area (Å²) >= 11 is 2.00. The summed E-state index contributed by atoms with van der Waals surface area (Å²) < 4.78 is 22.6. The minimum absolute atomic E-state index is 0.0213. The number of hydrogen-bond donors (Lipinski definition) is 3. The van der Waals surface area contributed by atoms with Crippen LogP contribution >= 0.6 is 11.8 Å². The Morgan fingerprint density at radius 3 is 2.33 bits per heavy atom. The van der Waals surface area contributed by atoms with Crippen LogP contribution in [0, 0.1) is 19.7 Å². The minimum Gasteiger partial charge on any atom is -0.438 e. The number of carbonyl (C=O) groups excluding carboxylic acids is 2. The van der Waals surface area contributed by atoms with Gasteiger partial charge in [-0.2, -0.15) is 16.9 Å². The van der Waals surface area contributed by atoms with Crippen molar-refractivity contribution >= 4 is 29.2 Å². The summed E-state index contributed by atoms with van der Waals surface area (Å²) in [5.41, 5.74) is 7.34. The van der Waals surface area contributed by atoms with Crippen LogP contribution in [0.15, 0.2) is 67.0 Å². The molecule has 13 nitrogen and oxygen atoms in total. The molecular formula is C46H56FN9O4S. The zero-order chi connectivity index (χ0) is 42.3. The molecule has 0 spiro atoms. The average molecular weight is 850 g/mol. The lowest BCUT2D eigenvalue weighted by Gasteiger charge is -2.29. The van der Waals surface area contributed by atoms with E-state index >= 15 is 0 Å². The van der Waals surface area contributed by atoms with Gasteiger partial charge in [0.25, 0.3) is 11.8 Å². The molecule has 0 unspecified atom stereocenters. The molecule has 0 bridgehead atoms. The first-order valence-corrected chi connectivity index (χ1v) is 22.7. The molecule has 15 heteroatoms. The van der Waals surface area contributed by atoms with E-state index in [0.29, 0.717) is 42.6 Å². The number of aryl methyl sites for hydroxylation is 2. The molecule has 3 fully saturated rings. The highest BCUT2D eigenvalue weighted by Crippen LogP contribution is 2.33. The van der Waals surface area contributed by atoms with Gasteiger partial charge in [0.1, 0.15) is 22.7 Å². The quantitative estimate of drug-likeness (QED) is 0.131. The Labute approximate surface area is 361 Å². The van der Waals surface area contributed by atoms with Gasteiger partial charge < -0.3 is 20.5 Å². The fourth-order valence-electron chi connectivity index (χ4n) is 8.81. The number of hydrogen-bond acceptors (Lipinski definition) is 11. The van der Waals surface area contributed by atoms with Crippen molar-refractivity contribution in [3.05, 3.63) is 106 Å². The van der Waals surface area contributed by atoms with E-state index in [2.05, 4.69) is 64.7 Å². The van der Waals surface area contributed by atoms with Gasteiger partial charge in [-0.15, -0.1) is 0 Å². The molecule has 5 aromatic rings. The number of aliphatic hydroxyl groups excluding tert-OH is 1. The Bertz CT molecular complexity index is 2330. The van der Waals surface area contributed by atoms with Crippen LogP contribution in [0.25, 0.3) is 16.8 Å². The zero-order valence-electron chi connectivity index (χ0n) is 35.1. The van der Waals surface area contributed by atoms with Crippen LogP contribution < -0.4 is 15.4 Å². The molecule has 5 heterocycles. The molecule has 1 saturated carbocycles. The van der Waals surface area contributed by atoms with Crippen molar-refractivity contribution in [2.75, 3.05) is 63.9 Å². The Morgan fingerprint density at radius 2 is 1.56 bits per heavy atom. The van der Waals surface area contributed by atoms with Crippen LogP contribution in [-0.4, -0.2) is 127 Å². The van der Waals surface area contributed by atoms with Gasteiger partial charge in [0.15, 0.2) is 5.65 Å². The van der Waals surface area contributed by atoms with Crippen LogP contribution in [0.1, 0.15) is 75.3 Å². The molecule has 3 aliphatic rings. The Balaban J connectivity index is 0.927. The summed E-state index contributed by atoms with van der Waals surface area (Å²) in [6.07, 6.45) is 6.32. The fraction of sp³-hybridized carbons (Fsp3) is 0.457. The van der Waals surface area contributed by atoms with Crippen molar-refractivity contribution < 1.29 is 23.8 Å². The second kappa shape index (κ2) is 19.8. The van der Waals surface area contributed by atoms with E-state index in [-0.39, 0.29) is 36.0 Å². The largest absolute Gasteiger partial charge is 0.438 e. The minimum atomic E-state index is -0.631. The van der Waals surface area contributed by atoms with Crippen molar-refractivity contribution in [1.82, 2.24) is 44.9 Å². The first kappa shape index (κ1) is 42.7. The zero-order valence-corrected chi connectivity index (χ0v) is 35.9. The summed E-state index contributed by atoms with van der Waals surface area (Å²) in [6, 6.07) is 17.4. The Hall–Kier alpha value is -4.93. The maximum absolute atomic E-state index is 14.7. The van der Waals surface area contributed by atoms with Gasteiger partial charge in [0, 0.05) is 80.8 Å². The average Bonchev–Trinajstić information content (AvgIpc) is 3.57. The van der Waals surface area contributed by atoms with Gasteiger partial charge in [-0.05, 0) is 106 Å². The number of fused-ring (bicyclic) bond motifs is 1. The lowest BCUT2D eigenvalue weighted by Crippen LogP contribution is -2.44. The standard InChI is InChI=1S/C46H56FN9O4S/c1-31-23-32(2)56-43(50-31)42(28-49-56)45(59)52-38-10-8-37(9-11-38)51-44(58)41-26-36(47)27-48-46(41)60-39-6-3-5-34(25-39)40-12-7-33(24-35(40)30-55-18-21-61-22-19-55)29-54-14-4-13-53(15-16-54)17-20-57/h3,5-7,12,23-28,37-38,57H,4,8-11,13-22,29-30H2,1-2H3,(H,51,58)(H,52,59). The number of amides is 2. The predicted molar refractivity (Wildman–Crippen MR) is 236 cm³/mol. The third-order valence-electron chi connectivity index (χ3n) is 12.0. The van der Waals surface area contributed by atoms with E-state index in [1.807, 2.05) is 49.9 Å². The monoisotopic (exact) mass is 849 g/mol. The van der Waals surface area contributed by atoms with E-state index < -0.39 is 11.7 Å². The molecule has 2 saturated heterocycles. The maximum atomic E-state index is 14.7. The molecule has 0 radical (unpaired) electrons. The molecule has 61 heavy (non-hydrogen) atoms. The number of aromatic nitrogens is 4. The third kappa shape index (κ3) is 10.8. The lowest BCUT2D eigenvalue weighted by atomic mass is 9.91. The van der Waals surface area contributed by atoms with E-state index in [4.69, 9.17) is 4.74 Å². The first-order valence-electron chi connectivity index (χ1n) is 21.5. The van der Waals surface area contributed by atoms with Crippen molar-refractivity contribution in [3.8, 4) is 22.8 Å². The summed E-state index contributed by atoms with van der Waals surface area (Å²) in [4.78, 5) is 43.1. The van der Waals surface area contributed by atoms with Crippen LogP contribution in [0.3, 0.4) is 0 Å². The molecule has 2 amide bonds. The van der Waals surface area contributed by atoms with Crippen molar-refractivity contribution in [2.45, 2.75) is 71.1 Å². The molecule has 0 atom stereocenters. The lowest BCUT2D eigenvalue weighted by molar-refractivity contribution is 0.0890. The molecular weight excluding hydrogens is 794 g/mol. The number of benzene rings is 2. The smallest absolute Gasteiger partial charge is 0.257 e. The topological polar surface area (TPSA) is 140 Å². The van der Waals surface area contributed by atoms with E-state index in [9.17, 15) is 19.1 Å². The molecule has 3 aromatic heterocycles. The Morgan fingerprint density at radius 1 is 0.836 bits per heavy atom. The molecule has 1 aliphatic carbocycles. The van der Waals surface area contributed by atoms with Crippen LogP contribution in [0.4, 0.5) is 4.39 Å². The van der Waals surface area contributed by atoms with E-state index in [1.54, 1.807) is 10.7 Å². The van der Waals surface area contributed by atoms with Crippen LogP contribution in [-0.2, 0) is 13.1 Å². The summed E-state index contributed by atoms with van der Waals surface area (Å²) in [6.45, 7) is 12.5. The number of β-amino-alcohol motifs (C(OH)–C–C–N with tert-alkyl or cyclic N) is 1. The van der Waals surface area contributed by atoms with Crippen LogP contribution in [0.5, 0.6) is 11.6 Å². The van der Waals surface area contributed by atoms with Crippen molar-refractivity contribution in [3.63, 3.8) is 0 Å². The number of thioether (sulfide) groups is 1. The summed E-state index contributed by atoms with van der Waals surface area (Å²) in [7, 11) is 0. The number of rotatable bonds is 13. The molecule has 2 aromatic carbocycles.